The Kier molecular flexibility index (Phi) is 5.81. The maximum atomic E-state index is 12.8. The summed E-state index contributed by atoms with van der Waals surface area (Å²) in [5.41, 5.74) is 1.03. The molecular weight excluding hydrogens is 334 g/mol. The summed E-state index contributed by atoms with van der Waals surface area (Å²) in [5, 5.41) is 0. The normalized spacial score (nSPS) is 27.2. The third-order valence-corrected chi connectivity index (χ3v) is 5.36. The van der Waals surface area contributed by atoms with Crippen LogP contribution in [0.1, 0.15) is 38.3 Å². The van der Waals surface area contributed by atoms with Crippen molar-refractivity contribution in [2.45, 2.75) is 38.8 Å². The first-order valence-corrected chi connectivity index (χ1v) is 9.35. The van der Waals surface area contributed by atoms with Crippen molar-refractivity contribution in [3.8, 4) is 5.75 Å². The monoisotopic (exact) mass is 361 g/mol. The van der Waals surface area contributed by atoms with Crippen LogP contribution in [-0.4, -0.2) is 49.7 Å². The number of ether oxygens (including phenoxy) is 3. The van der Waals surface area contributed by atoms with Gasteiger partial charge in [0.05, 0.1) is 26.2 Å². The Morgan fingerprint density at radius 3 is 2.69 bits per heavy atom. The molecule has 0 spiro atoms. The number of unbranched alkanes of at least 4 members (excludes halogenated alkanes) is 1. The number of esters is 2. The third kappa shape index (κ3) is 3.18. The number of hydrogen-bond donors (Lipinski definition) is 0. The maximum absolute atomic E-state index is 12.8. The molecule has 0 aromatic heterocycles. The second-order valence-corrected chi connectivity index (χ2v) is 6.79. The number of para-hydroxylation sites is 1. The first kappa shape index (κ1) is 18.7. The summed E-state index contributed by atoms with van der Waals surface area (Å²) >= 11 is 0. The molecule has 1 fully saturated rings. The number of likely N-dealkylation sites (tertiary alicyclic amines) is 1. The van der Waals surface area contributed by atoms with Gasteiger partial charge < -0.3 is 14.2 Å². The van der Waals surface area contributed by atoms with Gasteiger partial charge in [0.2, 0.25) is 0 Å². The number of methoxy groups -OCH3 is 1. The smallest absolute Gasteiger partial charge is 0.324 e. The van der Waals surface area contributed by atoms with Crippen LogP contribution >= 0.6 is 0 Å². The molecule has 2 aliphatic rings. The van der Waals surface area contributed by atoms with Gasteiger partial charge in [0.25, 0.3) is 0 Å². The first-order chi connectivity index (χ1) is 12.6. The van der Waals surface area contributed by atoms with E-state index in [1.54, 1.807) is 6.92 Å². The van der Waals surface area contributed by atoms with Crippen molar-refractivity contribution in [1.29, 1.82) is 0 Å². The lowest BCUT2D eigenvalue weighted by Gasteiger charge is -2.34. The minimum absolute atomic E-state index is 0.0509. The van der Waals surface area contributed by atoms with Crippen molar-refractivity contribution >= 4 is 11.9 Å². The van der Waals surface area contributed by atoms with E-state index in [1.165, 1.54) is 7.11 Å². The van der Waals surface area contributed by atoms with E-state index in [-0.39, 0.29) is 30.5 Å². The molecule has 1 aromatic rings. The summed E-state index contributed by atoms with van der Waals surface area (Å²) < 4.78 is 16.3. The van der Waals surface area contributed by atoms with Crippen molar-refractivity contribution in [3.05, 3.63) is 29.8 Å². The molecule has 0 unspecified atom stereocenters. The fourth-order valence-corrected chi connectivity index (χ4v) is 4.27. The van der Waals surface area contributed by atoms with Crippen molar-refractivity contribution in [2.75, 3.05) is 26.9 Å². The summed E-state index contributed by atoms with van der Waals surface area (Å²) in [6, 6.07) is 7.17. The van der Waals surface area contributed by atoms with Gasteiger partial charge in [-0.2, -0.15) is 0 Å². The van der Waals surface area contributed by atoms with E-state index >= 15 is 0 Å². The average Bonchev–Trinajstić information content (AvgIpc) is 3.00. The van der Waals surface area contributed by atoms with Crippen LogP contribution in [0.2, 0.25) is 0 Å². The van der Waals surface area contributed by atoms with Crippen LogP contribution in [0, 0.1) is 11.8 Å². The third-order valence-electron chi connectivity index (χ3n) is 5.36. The Bertz CT molecular complexity index is 661. The molecule has 4 atom stereocenters. The molecule has 0 N–H and O–H groups in total. The largest absolute Gasteiger partial charge is 0.493 e. The fraction of sp³-hybridized carbons (Fsp3) is 0.600. The number of hydrogen-bond acceptors (Lipinski definition) is 6. The number of fused-ring (bicyclic) bond motifs is 3. The predicted octanol–water partition coefficient (Wildman–Crippen LogP) is 2.57. The van der Waals surface area contributed by atoms with Crippen LogP contribution in [-0.2, 0) is 19.1 Å². The SMILES string of the molecule is CCCCN1[C@@H](C(=O)OCC)[C@H](C(=O)OC)[C@H]2COc3ccccc3[C@@H]21. The molecule has 0 amide bonds. The number of nitrogens with zero attached hydrogens (tertiary/aromatic N) is 1. The Morgan fingerprint density at radius 1 is 1.23 bits per heavy atom. The van der Waals surface area contributed by atoms with E-state index in [0.29, 0.717) is 6.61 Å². The quantitative estimate of drug-likeness (QED) is 0.726. The first-order valence-electron chi connectivity index (χ1n) is 9.35. The summed E-state index contributed by atoms with van der Waals surface area (Å²) in [6.07, 6.45) is 1.94. The zero-order chi connectivity index (χ0) is 18.7. The van der Waals surface area contributed by atoms with Crippen LogP contribution in [0.25, 0.3) is 0 Å². The lowest BCUT2D eigenvalue weighted by Crippen LogP contribution is -2.44. The Hall–Kier alpha value is -2.08. The average molecular weight is 361 g/mol. The van der Waals surface area contributed by atoms with E-state index in [2.05, 4.69) is 11.8 Å². The number of carbonyl (C=O) groups is 2. The highest BCUT2D eigenvalue weighted by Gasteiger charge is 2.58. The van der Waals surface area contributed by atoms with Crippen LogP contribution in [0.4, 0.5) is 0 Å². The van der Waals surface area contributed by atoms with E-state index < -0.39 is 12.0 Å². The van der Waals surface area contributed by atoms with Crippen LogP contribution in [0.15, 0.2) is 24.3 Å². The van der Waals surface area contributed by atoms with E-state index in [9.17, 15) is 9.59 Å². The van der Waals surface area contributed by atoms with Crippen LogP contribution < -0.4 is 4.74 Å². The molecule has 26 heavy (non-hydrogen) atoms. The van der Waals surface area contributed by atoms with Gasteiger partial charge in [-0.05, 0) is 26.0 Å². The second kappa shape index (κ2) is 8.08. The van der Waals surface area contributed by atoms with Crippen molar-refractivity contribution in [1.82, 2.24) is 4.90 Å². The molecule has 1 aromatic carbocycles. The van der Waals surface area contributed by atoms with Gasteiger partial charge in [0, 0.05) is 17.5 Å². The topological polar surface area (TPSA) is 65.1 Å². The lowest BCUT2D eigenvalue weighted by atomic mass is 9.83. The molecule has 1 saturated heterocycles. The highest BCUT2D eigenvalue weighted by Crippen LogP contribution is 2.50. The standard InChI is InChI=1S/C20H27NO5/c1-4-6-11-21-17-13-9-7-8-10-15(13)26-12-14(17)16(19(22)24-3)18(21)20(23)25-5-2/h7-10,14,16-18H,4-6,11-12H2,1-3H3/t14-,16-,17+,18-/m1/s1. The Labute approximate surface area is 154 Å². The van der Waals surface area contributed by atoms with Gasteiger partial charge in [-0.3, -0.25) is 14.5 Å². The Morgan fingerprint density at radius 2 is 2.00 bits per heavy atom. The van der Waals surface area contributed by atoms with Crippen LogP contribution in [0.5, 0.6) is 5.75 Å². The molecule has 0 saturated carbocycles. The number of benzene rings is 1. The number of carbonyl (C=O) groups excluding carboxylic acids is 2. The highest BCUT2D eigenvalue weighted by atomic mass is 16.5. The van der Waals surface area contributed by atoms with E-state index in [4.69, 9.17) is 14.2 Å². The molecular formula is C20H27NO5. The second-order valence-electron chi connectivity index (χ2n) is 6.79. The zero-order valence-corrected chi connectivity index (χ0v) is 15.6. The maximum Gasteiger partial charge on any atom is 0.324 e. The molecule has 0 aliphatic carbocycles. The van der Waals surface area contributed by atoms with E-state index in [1.807, 2.05) is 24.3 Å². The zero-order valence-electron chi connectivity index (χ0n) is 15.6. The summed E-state index contributed by atoms with van der Waals surface area (Å²) in [6.45, 7) is 5.29. The molecule has 2 aliphatic heterocycles. The molecule has 2 heterocycles. The van der Waals surface area contributed by atoms with Gasteiger partial charge in [0.15, 0.2) is 0 Å². The van der Waals surface area contributed by atoms with Crippen molar-refractivity contribution < 1.29 is 23.8 Å². The van der Waals surface area contributed by atoms with Crippen LogP contribution in [0.3, 0.4) is 0 Å². The molecule has 6 heteroatoms. The molecule has 6 nitrogen and oxygen atoms in total. The highest BCUT2D eigenvalue weighted by molar-refractivity contribution is 5.86. The molecule has 142 valence electrons. The van der Waals surface area contributed by atoms with Gasteiger partial charge in [-0.25, -0.2) is 0 Å². The van der Waals surface area contributed by atoms with Gasteiger partial charge in [-0.1, -0.05) is 31.5 Å². The minimum Gasteiger partial charge on any atom is -0.493 e. The lowest BCUT2D eigenvalue weighted by molar-refractivity contribution is -0.158. The summed E-state index contributed by atoms with van der Waals surface area (Å²) in [7, 11) is 1.37. The minimum atomic E-state index is -0.640. The molecule has 0 bridgehead atoms. The van der Waals surface area contributed by atoms with Gasteiger partial charge in [0.1, 0.15) is 11.8 Å². The summed E-state index contributed by atoms with van der Waals surface area (Å²) in [4.78, 5) is 27.5. The van der Waals surface area contributed by atoms with Crippen molar-refractivity contribution in [3.63, 3.8) is 0 Å². The molecule has 0 radical (unpaired) electrons. The number of rotatable bonds is 6. The molecule has 3 rings (SSSR count). The van der Waals surface area contributed by atoms with E-state index in [0.717, 1.165) is 30.7 Å². The predicted molar refractivity (Wildman–Crippen MR) is 95.7 cm³/mol. The summed E-state index contributed by atoms with van der Waals surface area (Å²) in [5.74, 6) is -0.632. The fourth-order valence-electron chi connectivity index (χ4n) is 4.27. The van der Waals surface area contributed by atoms with Crippen molar-refractivity contribution in [2.24, 2.45) is 11.8 Å². The van der Waals surface area contributed by atoms with Gasteiger partial charge in [-0.15, -0.1) is 0 Å². The Balaban J connectivity index is 2.06. The van der Waals surface area contributed by atoms with Gasteiger partial charge >= 0.3 is 11.9 Å².